The Morgan fingerprint density at radius 3 is 2.59 bits per heavy atom. The Morgan fingerprint density at radius 1 is 1.14 bits per heavy atom. The number of aryl methyl sites for hydroxylation is 2. The Hall–Kier alpha value is -3.33. The molecule has 1 aromatic carbocycles. The van der Waals surface area contributed by atoms with E-state index in [-0.39, 0.29) is 0 Å². The highest BCUT2D eigenvalue weighted by Gasteiger charge is 2.20. The molecule has 0 saturated heterocycles. The number of aromatic nitrogens is 5. The lowest BCUT2D eigenvalue weighted by Crippen LogP contribution is -2.09. The van der Waals surface area contributed by atoms with E-state index in [4.69, 9.17) is 9.47 Å². The molecule has 0 radical (unpaired) electrons. The normalized spacial score (nSPS) is 11.0. The van der Waals surface area contributed by atoms with Crippen LogP contribution in [0.5, 0.6) is 5.75 Å². The quantitative estimate of drug-likeness (QED) is 0.464. The minimum atomic E-state index is -0.406. The SMILES string of the molecule is CCOC(=O)c1cc(-c2nnc3sc(-c4ccc(OC)cc4)nn23)c(C)nc1C. The van der Waals surface area contributed by atoms with E-state index in [0.717, 1.165) is 22.0 Å². The number of methoxy groups -OCH3 is 1. The zero-order chi connectivity index (χ0) is 20.5. The van der Waals surface area contributed by atoms with E-state index in [9.17, 15) is 4.79 Å². The second-order valence-corrected chi connectivity index (χ2v) is 7.28. The summed E-state index contributed by atoms with van der Waals surface area (Å²) in [6.07, 6.45) is 0. The first-order valence-electron chi connectivity index (χ1n) is 9.04. The van der Waals surface area contributed by atoms with Crippen molar-refractivity contribution in [3.8, 4) is 27.7 Å². The average Bonchev–Trinajstić information content (AvgIpc) is 3.29. The number of nitrogens with zero attached hydrogens (tertiary/aromatic N) is 5. The molecule has 0 spiro atoms. The van der Waals surface area contributed by atoms with Crippen LogP contribution in [0.1, 0.15) is 28.7 Å². The van der Waals surface area contributed by atoms with Crippen LogP contribution < -0.4 is 4.74 Å². The molecule has 0 aliphatic heterocycles. The lowest BCUT2D eigenvalue weighted by Gasteiger charge is -2.09. The highest BCUT2D eigenvalue weighted by Crippen LogP contribution is 2.30. The molecule has 3 heterocycles. The van der Waals surface area contributed by atoms with Gasteiger partial charge in [0.25, 0.3) is 0 Å². The lowest BCUT2D eigenvalue weighted by atomic mass is 10.1. The Kier molecular flexibility index (Phi) is 4.98. The third kappa shape index (κ3) is 3.44. The number of hydrogen-bond donors (Lipinski definition) is 0. The highest BCUT2D eigenvalue weighted by atomic mass is 32.1. The van der Waals surface area contributed by atoms with Crippen LogP contribution in [0.4, 0.5) is 0 Å². The Bertz CT molecular complexity index is 1200. The molecule has 9 heteroatoms. The molecule has 0 saturated carbocycles. The van der Waals surface area contributed by atoms with Gasteiger partial charge in [-0.2, -0.15) is 9.61 Å². The first-order chi connectivity index (χ1) is 14.0. The molecule has 8 nitrogen and oxygen atoms in total. The number of rotatable bonds is 5. The van der Waals surface area contributed by atoms with Crippen molar-refractivity contribution in [3.63, 3.8) is 0 Å². The van der Waals surface area contributed by atoms with Crippen molar-refractivity contribution in [1.82, 2.24) is 24.8 Å². The monoisotopic (exact) mass is 409 g/mol. The number of esters is 1. The van der Waals surface area contributed by atoms with E-state index in [1.54, 1.807) is 31.5 Å². The topological polar surface area (TPSA) is 91.5 Å². The van der Waals surface area contributed by atoms with E-state index in [1.165, 1.54) is 11.3 Å². The Balaban J connectivity index is 1.79. The number of fused-ring (bicyclic) bond motifs is 1. The first-order valence-corrected chi connectivity index (χ1v) is 9.86. The number of carbonyl (C=O) groups excluding carboxylic acids is 1. The molecular weight excluding hydrogens is 390 g/mol. The fraction of sp³-hybridized carbons (Fsp3) is 0.250. The summed E-state index contributed by atoms with van der Waals surface area (Å²) in [4.78, 5) is 17.4. The van der Waals surface area contributed by atoms with Gasteiger partial charge in [-0.15, -0.1) is 10.2 Å². The Morgan fingerprint density at radius 2 is 1.90 bits per heavy atom. The van der Waals surface area contributed by atoms with Gasteiger partial charge in [-0.3, -0.25) is 4.98 Å². The van der Waals surface area contributed by atoms with Crippen LogP contribution in [0, 0.1) is 13.8 Å². The van der Waals surface area contributed by atoms with Crippen molar-refractivity contribution in [2.24, 2.45) is 0 Å². The molecule has 148 valence electrons. The maximum atomic E-state index is 12.3. The molecule has 0 amide bonds. The van der Waals surface area contributed by atoms with Crippen LogP contribution in [0.15, 0.2) is 30.3 Å². The van der Waals surface area contributed by atoms with Gasteiger partial charge in [-0.25, -0.2) is 4.79 Å². The summed E-state index contributed by atoms with van der Waals surface area (Å²) in [7, 11) is 1.63. The van der Waals surface area contributed by atoms with Gasteiger partial charge in [0.1, 0.15) is 10.8 Å². The second kappa shape index (κ2) is 7.59. The molecule has 4 rings (SSSR count). The molecule has 0 aliphatic rings. The molecule has 0 unspecified atom stereocenters. The van der Waals surface area contributed by atoms with Crippen molar-refractivity contribution in [3.05, 3.63) is 47.3 Å². The Labute approximate surface area is 171 Å². The fourth-order valence-corrected chi connectivity index (χ4v) is 3.85. The highest BCUT2D eigenvalue weighted by molar-refractivity contribution is 7.19. The first kappa shape index (κ1) is 19.0. The molecule has 0 aliphatic carbocycles. The number of carbonyl (C=O) groups is 1. The maximum Gasteiger partial charge on any atom is 0.339 e. The lowest BCUT2D eigenvalue weighted by molar-refractivity contribution is 0.0525. The fourth-order valence-electron chi connectivity index (χ4n) is 3.00. The summed E-state index contributed by atoms with van der Waals surface area (Å²) >= 11 is 1.43. The molecular formula is C20H19N5O3S. The molecule has 29 heavy (non-hydrogen) atoms. The molecule has 0 N–H and O–H groups in total. The zero-order valence-electron chi connectivity index (χ0n) is 16.5. The van der Waals surface area contributed by atoms with Crippen molar-refractivity contribution >= 4 is 22.3 Å². The minimum Gasteiger partial charge on any atom is -0.497 e. The molecule has 3 aromatic heterocycles. The van der Waals surface area contributed by atoms with Crippen LogP contribution in [0.2, 0.25) is 0 Å². The van der Waals surface area contributed by atoms with Crippen LogP contribution in [0.3, 0.4) is 0 Å². The summed E-state index contributed by atoms with van der Waals surface area (Å²) < 4.78 is 12.0. The number of benzene rings is 1. The summed E-state index contributed by atoms with van der Waals surface area (Å²) in [5.41, 5.74) is 3.41. The second-order valence-electron chi connectivity index (χ2n) is 6.33. The largest absolute Gasteiger partial charge is 0.497 e. The van der Waals surface area contributed by atoms with Crippen LogP contribution in [0.25, 0.3) is 26.9 Å². The summed E-state index contributed by atoms with van der Waals surface area (Å²) in [6.45, 7) is 5.73. The van der Waals surface area contributed by atoms with Gasteiger partial charge < -0.3 is 9.47 Å². The number of ether oxygens (including phenoxy) is 2. The number of pyridine rings is 1. The molecule has 0 fully saturated rings. The average molecular weight is 409 g/mol. The van der Waals surface area contributed by atoms with E-state index in [1.807, 2.05) is 31.2 Å². The smallest absolute Gasteiger partial charge is 0.339 e. The summed E-state index contributed by atoms with van der Waals surface area (Å²) in [5, 5.41) is 14.0. The number of hydrogen-bond acceptors (Lipinski definition) is 8. The van der Waals surface area contributed by atoms with E-state index in [0.29, 0.717) is 34.2 Å². The summed E-state index contributed by atoms with van der Waals surface area (Å²) in [5.74, 6) is 0.911. The third-order valence-electron chi connectivity index (χ3n) is 4.47. The van der Waals surface area contributed by atoms with Gasteiger partial charge in [0, 0.05) is 16.8 Å². The molecule has 0 bridgehead atoms. The standard InChI is InChI=1S/C20H19N5O3S/c1-5-28-19(26)16-10-15(11(2)21-12(16)3)17-22-23-20-25(17)24-18(29-20)13-6-8-14(27-4)9-7-13/h6-10H,5H2,1-4H3. The minimum absolute atomic E-state index is 0.300. The zero-order valence-corrected chi connectivity index (χ0v) is 17.3. The van der Waals surface area contributed by atoms with Crippen LogP contribution >= 0.6 is 11.3 Å². The molecule has 0 atom stereocenters. The van der Waals surface area contributed by atoms with Crippen molar-refractivity contribution < 1.29 is 14.3 Å². The third-order valence-corrected chi connectivity index (χ3v) is 5.42. The van der Waals surface area contributed by atoms with Gasteiger partial charge >= 0.3 is 5.97 Å². The van der Waals surface area contributed by atoms with Crippen molar-refractivity contribution in [2.45, 2.75) is 20.8 Å². The van der Waals surface area contributed by atoms with E-state index < -0.39 is 5.97 Å². The molecule has 4 aromatic rings. The van der Waals surface area contributed by atoms with E-state index >= 15 is 0 Å². The predicted octanol–water partition coefficient (Wildman–Crippen LogP) is 3.72. The van der Waals surface area contributed by atoms with Crippen molar-refractivity contribution in [2.75, 3.05) is 13.7 Å². The van der Waals surface area contributed by atoms with Crippen molar-refractivity contribution in [1.29, 1.82) is 0 Å². The van der Waals surface area contributed by atoms with Crippen LogP contribution in [-0.2, 0) is 4.74 Å². The predicted molar refractivity (Wildman–Crippen MR) is 109 cm³/mol. The van der Waals surface area contributed by atoms with Gasteiger partial charge in [0.15, 0.2) is 5.82 Å². The van der Waals surface area contributed by atoms with Crippen LogP contribution in [-0.4, -0.2) is 44.5 Å². The summed E-state index contributed by atoms with van der Waals surface area (Å²) in [6, 6.07) is 9.42. The maximum absolute atomic E-state index is 12.3. The van der Waals surface area contributed by atoms with Gasteiger partial charge in [0.2, 0.25) is 4.96 Å². The van der Waals surface area contributed by atoms with Gasteiger partial charge in [-0.05, 0) is 51.1 Å². The van der Waals surface area contributed by atoms with Gasteiger partial charge in [0.05, 0.1) is 25.0 Å². The van der Waals surface area contributed by atoms with E-state index in [2.05, 4.69) is 20.3 Å². The van der Waals surface area contributed by atoms with Gasteiger partial charge in [-0.1, -0.05) is 11.3 Å².